The minimum Gasteiger partial charge on any atom is -0.330 e. The van der Waals surface area contributed by atoms with E-state index in [1.807, 2.05) is 0 Å². The Morgan fingerprint density at radius 2 is 1.29 bits per heavy atom. The summed E-state index contributed by atoms with van der Waals surface area (Å²) in [5.74, 6) is 0.256. The van der Waals surface area contributed by atoms with E-state index in [-0.39, 0.29) is 43.0 Å². The second-order valence-electron chi connectivity index (χ2n) is 6.36. The zero-order valence-corrected chi connectivity index (χ0v) is 20.6. The van der Waals surface area contributed by atoms with Gasteiger partial charge < -0.3 is 16.4 Å². The molecule has 10 heteroatoms. The van der Waals surface area contributed by atoms with Crippen molar-refractivity contribution in [3.63, 3.8) is 0 Å². The molecule has 0 aromatic heterocycles. The molecule has 0 amide bonds. The van der Waals surface area contributed by atoms with Gasteiger partial charge in [0, 0.05) is 19.6 Å². The summed E-state index contributed by atoms with van der Waals surface area (Å²) in [6.07, 6.45) is 12.6. The van der Waals surface area contributed by atoms with Crippen LogP contribution in [0.25, 0.3) is 0 Å². The maximum atomic E-state index is 11.8. The molecule has 0 spiro atoms. The van der Waals surface area contributed by atoms with E-state index in [1.54, 1.807) is 0 Å². The van der Waals surface area contributed by atoms with Crippen molar-refractivity contribution in [2.45, 2.75) is 58.3 Å². The normalized spacial score (nSPS) is 10.9. The summed E-state index contributed by atoms with van der Waals surface area (Å²) >= 11 is 0. The molecule has 0 aliphatic rings. The van der Waals surface area contributed by atoms with Gasteiger partial charge in [-0.1, -0.05) is 51.2 Å². The van der Waals surface area contributed by atoms with Gasteiger partial charge in [-0.05, 0) is 38.9 Å². The van der Waals surface area contributed by atoms with Gasteiger partial charge in [0.05, 0.1) is 5.75 Å². The van der Waals surface area contributed by atoms with Crippen molar-refractivity contribution in [3.05, 3.63) is 12.2 Å². The fourth-order valence-corrected chi connectivity index (χ4v) is 3.53. The first-order valence-electron chi connectivity index (χ1n) is 9.86. The number of sulfonamides is 1. The van der Waals surface area contributed by atoms with Gasteiger partial charge in [0.1, 0.15) is 0 Å². The fourth-order valence-electron chi connectivity index (χ4n) is 2.35. The molecule has 0 heterocycles. The van der Waals surface area contributed by atoms with E-state index in [4.69, 9.17) is 5.73 Å². The van der Waals surface area contributed by atoms with E-state index < -0.39 is 10.0 Å². The zero-order valence-electron chi connectivity index (χ0n) is 17.3. The molecule has 28 heavy (non-hydrogen) atoms. The molecule has 0 rings (SSSR count). The minimum absolute atomic E-state index is 0. The molecule has 0 radical (unpaired) electrons. The molecule has 5 N–H and O–H groups in total. The number of hydrogen-bond acceptors (Lipinski definition) is 5. The Kier molecular flexibility index (Phi) is 35.0. The predicted octanol–water partition coefficient (Wildman–Crippen LogP) is 3.01. The summed E-state index contributed by atoms with van der Waals surface area (Å²) in [5.41, 5.74) is 5.41. The molecular weight excluding hydrogens is 443 g/mol. The average Bonchev–Trinajstić information content (AvgIpc) is 2.59. The first-order chi connectivity index (χ1) is 12.1. The lowest BCUT2D eigenvalue weighted by atomic mass is 10.1. The van der Waals surface area contributed by atoms with Crippen molar-refractivity contribution < 1.29 is 8.42 Å². The lowest BCUT2D eigenvalue weighted by molar-refractivity contribution is 0.566. The average molecular weight is 486 g/mol. The summed E-state index contributed by atoms with van der Waals surface area (Å²) in [6, 6.07) is 0. The minimum atomic E-state index is -3.10. The molecule has 6 nitrogen and oxygen atoms in total. The SMILES string of the molecule is CCCCCCCCS(=O)(=O)NCCCNC/C=C/CNCCCN.Cl.Cl.Cl. The number of rotatable bonds is 19. The molecule has 0 unspecified atom stereocenters. The van der Waals surface area contributed by atoms with E-state index in [0.29, 0.717) is 6.54 Å². The highest BCUT2D eigenvalue weighted by atomic mass is 35.5. The summed E-state index contributed by atoms with van der Waals surface area (Å²) in [6.45, 7) is 6.85. The Morgan fingerprint density at radius 3 is 1.86 bits per heavy atom. The van der Waals surface area contributed by atoms with Crippen LogP contribution in [0.3, 0.4) is 0 Å². The lowest BCUT2D eigenvalue weighted by Gasteiger charge is -2.07. The number of hydrogen-bond donors (Lipinski definition) is 4. The smallest absolute Gasteiger partial charge is 0.211 e. The Hall–Kier alpha value is 0.400. The van der Waals surface area contributed by atoms with E-state index in [2.05, 4.69) is 34.4 Å². The van der Waals surface area contributed by atoms with Crippen LogP contribution in [0.5, 0.6) is 0 Å². The van der Waals surface area contributed by atoms with Crippen LogP contribution in [0.4, 0.5) is 0 Å². The molecule has 0 aromatic rings. The van der Waals surface area contributed by atoms with Crippen molar-refractivity contribution in [1.29, 1.82) is 0 Å². The van der Waals surface area contributed by atoms with E-state index in [0.717, 1.165) is 64.8 Å². The van der Waals surface area contributed by atoms with Gasteiger partial charge in [0.25, 0.3) is 0 Å². The van der Waals surface area contributed by atoms with Gasteiger partial charge in [-0.3, -0.25) is 0 Å². The second-order valence-corrected chi connectivity index (χ2v) is 8.28. The number of nitrogens with one attached hydrogen (secondary N) is 3. The van der Waals surface area contributed by atoms with Gasteiger partial charge in [-0.15, -0.1) is 37.2 Å². The van der Waals surface area contributed by atoms with E-state index >= 15 is 0 Å². The van der Waals surface area contributed by atoms with E-state index in [1.165, 1.54) is 19.3 Å². The van der Waals surface area contributed by atoms with Crippen LogP contribution in [0, 0.1) is 0 Å². The highest BCUT2D eigenvalue weighted by Gasteiger charge is 2.08. The fraction of sp³-hybridized carbons (Fsp3) is 0.889. The van der Waals surface area contributed by atoms with Gasteiger partial charge in [-0.25, -0.2) is 13.1 Å². The van der Waals surface area contributed by atoms with Gasteiger partial charge in [0.15, 0.2) is 0 Å². The molecule has 0 aliphatic carbocycles. The summed E-state index contributed by atoms with van der Waals surface area (Å²) in [7, 11) is -3.10. The Balaban J connectivity index is -0.000000960. The third-order valence-electron chi connectivity index (χ3n) is 3.87. The molecule has 0 atom stereocenters. The standard InChI is InChI=1S/C18H40N4O2S.3ClH/c1-2-3-4-5-6-9-18-25(23,24)22-17-11-16-21-14-8-7-13-20-15-10-12-19;;;/h7-8,20-22H,2-6,9-19H2,1H3;3*1H/b8-7+;;;. The quantitative estimate of drug-likeness (QED) is 0.167. The topological polar surface area (TPSA) is 96.2 Å². The largest absolute Gasteiger partial charge is 0.330 e. The van der Waals surface area contributed by atoms with Crippen molar-refractivity contribution in [2.24, 2.45) is 5.73 Å². The first-order valence-corrected chi connectivity index (χ1v) is 11.5. The van der Waals surface area contributed by atoms with Crippen LogP contribution in [-0.4, -0.2) is 53.4 Å². The molecule has 0 bridgehead atoms. The van der Waals surface area contributed by atoms with Crippen molar-refractivity contribution in [1.82, 2.24) is 15.4 Å². The van der Waals surface area contributed by atoms with Crippen LogP contribution >= 0.6 is 37.2 Å². The molecule has 174 valence electrons. The molecular formula is C18H43Cl3N4O2S. The highest BCUT2D eigenvalue weighted by Crippen LogP contribution is 2.05. The summed E-state index contributed by atoms with van der Waals surface area (Å²) in [4.78, 5) is 0. The van der Waals surface area contributed by atoms with Crippen molar-refractivity contribution in [3.8, 4) is 0 Å². The van der Waals surface area contributed by atoms with E-state index in [9.17, 15) is 8.42 Å². The Labute approximate surface area is 191 Å². The maximum absolute atomic E-state index is 11.8. The van der Waals surface area contributed by atoms with Gasteiger partial charge >= 0.3 is 0 Å². The Bertz CT molecular complexity index is 414. The molecule has 0 saturated carbocycles. The molecule has 0 aromatic carbocycles. The van der Waals surface area contributed by atoms with Crippen LogP contribution in [0.15, 0.2) is 12.2 Å². The van der Waals surface area contributed by atoms with Crippen LogP contribution in [0.1, 0.15) is 58.3 Å². The zero-order chi connectivity index (χ0) is 18.6. The second kappa shape index (κ2) is 27.4. The molecule has 0 saturated heterocycles. The predicted molar refractivity (Wildman–Crippen MR) is 130 cm³/mol. The summed E-state index contributed by atoms with van der Waals surface area (Å²) in [5, 5.41) is 6.55. The van der Waals surface area contributed by atoms with Crippen molar-refractivity contribution >= 4 is 47.2 Å². The Morgan fingerprint density at radius 1 is 0.750 bits per heavy atom. The van der Waals surface area contributed by atoms with Crippen LogP contribution < -0.4 is 21.1 Å². The third kappa shape index (κ3) is 28.6. The molecule has 0 fully saturated rings. The van der Waals surface area contributed by atoms with Gasteiger partial charge in [-0.2, -0.15) is 0 Å². The van der Waals surface area contributed by atoms with Crippen molar-refractivity contribution in [2.75, 3.05) is 45.0 Å². The third-order valence-corrected chi connectivity index (χ3v) is 5.34. The number of unbranched alkanes of at least 4 members (excludes halogenated alkanes) is 5. The van der Waals surface area contributed by atoms with Gasteiger partial charge in [0.2, 0.25) is 10.0 Å². The van der Waals surface area contributed by atoms with Crippen LogP contribution in [-0.2, 0) is 10.0 Å². The maximum Gasteiger partial charge on any atom is 0.211 e. The lowest BCUT2D eigenvalue weighted by Crippen LogP contribution is -2.29. The molecule has 0 aliphatic heterocycles. The number of halogens is 3. The number of nitrogens with two attached hydrogens (primary N) is 1. The summed E-state index contributed by atoms with van der Waals surface area (Å²) < 4.78 is 26.4. The monoisotopic (exact) mass is 484 g/mol. The first kappa shape index (κ1) is 35.8. The van der Waals surface area contributed by atoms with Crippen LogP contribution in [0.2, 0.25) is 0 Å². The highest BCUT2D eigenvalue weighted by molar-refractivity contribution is 7.89.